The summed E-state index contributed by atoms with van der Waals surface area (Å²) in [5.41, 5.74) is 2.99. The van der Waals surface area contributed by atoms with E-state index in [9.17, 15) is 9.18 Å². The van der Waals surface area contributed by atoms with Crippen molar-refractivity contribution in [3.8, 4) is 11.5 Å². The van der Waals surface area contributed by atoms with Gasteiger partial charge in [0.1, 0.15) is 5.82 Å². The molecule has 2 N–H and O–H groups in total. The van der Waals surface area contributed by atoms with Gasteiger partial charge in [-0.25, -0.2) is 9.18 Å². The second-order valence-electron chi connectivity index (χ2n) is 9.56. The van der Waals surface area contributed by atoms with E-state index in [1.54, 1.807) is 14.2 Å². The summed E-state index contributed by atoms with van der Waals surface area (Å²) in [4.78, 5) is 15.1. The van der Waals surface area contributed by atoms with Crippen LogP contribution in [-0.4, -0.2) is 43.3 Å². The summed E-state index contributed by atoms with van der Waals surface area (Å²) >= 11 is 0. The molecule has 0 fully saturated rings. The molecule has 0 saturated heterocycles. The summed E-state index contributed by atoms with van der Waals surface area (Å²) in [6.45, 7) is 9.42. The number of carbonyl (C=O) groups is 1. The molecule has 2 aromatic carbocycles. The lowest BCUT2D eigenvalue weighted by molar-refractivity contribution is 0.134. The molecule has 180 valence electrons. The number of rotatable bonds is 7. The minimum absolute atomic E-state index is 0.0747. The van der Waals surface area contributed by atoms with E-state index in [0.29, 0.717) is 18.0 Å². The van der Waals surface area contributed by atoms with Gasteiger partial charge in [0.05, 0.1) is 26.3 Å². The van der Waals surface area contributed by atoms with Crippen LogP contribution in [0.15, 0.2) is 36.4 Å². The Morgan fingerprint density at radius 2 is 1.79 bits per heavy atom. The molecule has 6 nitrogen and oxygen atoms in total. The Morgan fingerprint density at radius 3 is 2.36 bits per heavy atom. The number of nitrogens with one attached hydrogen (secondary N) is 2. The van der Waals surface area contributed by atoms with Crippen LogP contribution in [0.5, 0.6) is 11.5 Å². The number of hydrogen-bond acceptors (Lipinski definition) is 4. The van der Waals surface area contributed by atoms with Gasteiger partial charge < -0.3 is 20.1 Å². The molecule has 2 amide bonds. The second kappa shape index (κ2) is 10.4. The molecular weight excluding hydrogens is 421 g/mol. The van der Waals surface area contributed by atoms with Crippen molar-refractivity contribution in [3.05, 3.63) is 58.9 Å². The Kier molecular flexibility index (Phi) is 7.84. The van der Waals surface area contributed by atoms with Crippen molar-refractivity contribution in [1.82, 2.24) is 15.5 Å². The van der Waals surface area contributed by atoms with E-state index in [2.05, 4.69) is 22.5 Å². The van der Waals surface area contributed by atoms with Gasteiger partial charge in [0.15, 0.2) is 11.5 Å². The van der Waals surface area contributed by atoms with Gasteiger partial charge in [-0.15, -0.1) is 0 Å². The molecule has 0 bridgehead atoms. The fraction of sp³-hybridized carbons (Fsp3) is 0.500. The van der Waals surface area contributed by atoms with Crippen molar-refractivity contribution in [2.75, 3.05) is 20.8 Å². The predicted octanol–water partition coefficient (Wildman–Crippen LogP) is 4.82. The van der Waals surface area contributed by atoms with Crippen molar-refractivity contribution < 1.29 is 18.7 Å². The number of methoxy groups -OCH3 is 2. The molecule has 3 rings (SSSR count). The van der Waals surface area contributed by atoms with E-state index in [4.69, 9.17) is 9.47 Å². The van der Waals surface area contributed by atoms with Crippen molar-refractivity contribution >= 4 is 6.03 Å². The third-order valence-corrected chi connectivity index (χ3v) is 5.95. The van der Waals surface area contributed by atoms with E-state index in [1.807, 2.05) is 45.0 Å². The lowest BCUT2D eigenvalue weighted by Gasteiger charge is -2.42. The van der Waals surface area contributed by atoms with Gasteiger partial charge in [0, 0.05) is 18.6 Å². The Balaban J connectivity index is 1.99. The van der Waals surface area contributed by atoms with Crippen molar-refractivity contribution in [2.24, 2.45) is 0 Å². The van der Waals surface area contributed by atoms with Crippen LogP contribution < -0.4 is 20.1 Å². The van der Waals surface area contributed by atoms with Crippen LogP contribution in [0.2, 0.25) is 0 Å². The normalized spacial score (nSPS) is 17.1. The van der Waals surface area contributed by atoms with Gasteiger partial charge in [0.2, 0.25) is 0 Å². The van der Waals surface area contributed by atoms with Crippen LogP contribution in [0.25, 0.3) is 0 Å². The average molecular weight is 458 g/mol. The van der Waals surface area contributed by atoms with E-state index < -0.39 is 0 Å². The van der Waals surface area contributed by atoms with Gasteiger partial charge in [0.25, 0.3) is 0 Å². The van der Waals surface area contributed by atoms with Gasteiger partial charge in [-0.2, -0.15) is 0 Å². The molecule has 0 spiro atoms. The quantitative estimate of drug-likeness (QED) is 0.626. The van der Waals surface area contributed by atoms with E-state index >= 15 is 0 Å². The molecule has 7 heteroatoms. The van der Waals surface area contributed by atoms with Crippen LogP contribution in [0, 0.1) is 5.82 Å². The summed E-state index contributed by atoms with van der Waals surface area (Å²) in [6, 6.07) is 10.3. The Labute approximate surface area is 196 Å². The molecule has 2 atom stereocenters. The van der Waals surface area contributed by atoms with E-state index in [0.717, 1.165) is 30.5 Å². The highest BCUT2D eigenvalue weighted by atomic mass is 19.1. The average Bonchev–Trinajstić information content (AvgIpc) is 2.77. The highest BCUT2D eigenvalue weighted by Gasteiger charge is 2.35. The SMILES string of the molecule is CC[C@@H](NC(=O)NC(C)(C)C)[C@@H]1c2cc(OC)c(OC)cc2CCN1Cc1ccc(F)cc1. The van der Waals surface area contributed by atoms with Crippen molar-refractivity contribution in [1.29, 1.82) is 0 Å². The Bertz CT molecular complexity index is 956. The van der Waals surface area contributed by atoms with Gasteiger partial charge in [-0.1, -0.05) is 19.1 Å². The van der Waals surface area contributed by atoms with Crippen LogP contribution in [0.4, 0.5) is 9.18 Å². The topological polar surface area (TPSA) is 62.8 Å². The third kappa shape index (κ3) is 6.16. The number of nitrogens with zero attached hydrogens (tertiary/aromatic N) is 1. The molecule has 0 aliphatic carbocycles. The molecule has 1 aliphatic heterocycles. The van der Waals surface area contributed by atoms with Crippen LogP contribution >= 0.6 is 0 Å². The maximum Gasteiger partial charge on any atom is 0.315 e. The predicted molar refractivity (Wildman–Crippen MR) is 128 cm³/mol. The first-order valence-corrected chi connectivity index (χ1v) is 11.5. The highest BCUT2D eigenvalue weighted by molar-refractivity contribution is 5.75. The first kappa shape index (κ1) is 24.8. The summed E-state index contributed by atoms with van der Waals surface area (Å²) in [5.74, 6) is 1.12. The van der Waals surface area contributed by atoms with Gasteiger partial charge in [-0.05, 0) is 74.6 Å². The number of benzene rings is 2. The molecule has 33 heavy (non-hydrogen) atoms. The van der Waals surface area contributed by atoms with E-state index in [-0.39, 0.29) is 29.5 Å². The molecule has 2 aromatic rings. The number of urea groups is 1. The standard InChI is InChI=1S/C26H36FN3O3/c1-7-21(28-25(31)29-26(2,3)4)24-20-15-23(33-6)22(32-5)14-18(20)12-13-30(24)16-17-8-10-19(27)11-9-17/h8-11,14-15,21,24H,7,12-13,16H2,1-6H3,(H2,28,29,31)/t21-,24+/m1/s1. The molecule has 1 heterocycles. The zero-order valence-electron chi connectivity index (χ0n) is 20.5. The molecular formula is C26H36FN3O3. The second-order valence-corrected chi connectivity index (χ2v) is 9.56. The smallest absolute Gasteiger partial charge is 0.315 e. The Hall–Kier alpha value is -2.80. The number of amides is 2. The minimum Gasteiger partial charge on any atom is -0.493 e. The monoisotopic (exact) mass is 457 g/mol. The number of hydrogen-bond donors (Lipinski definition) is 2. The fourth-order valence-electron chi connectivity index (χ4n) is 4.45. The first-order chi connectivity index (χ1) is 15.6. The molecule has 0 unspecified atom stereocenters. The van der Waals surface area contributed by atoms with Crippen LogP contribution in [-0.2, 0) is 13.0 Å². The van der Waals surface area contributed by atoms with Crippen LogP contribution in [0.3, 0.4) is 0 Å². The molecule has 0 aromatic heterocycles. The zero-order chi connectivity index (χ0) is 24.2. The van der Waals surface area contributed by atoms with Gasteiger partial charge >= 0.3 is 6.03 Å². The van der Waals surface area contributed by atoms with E-state index in [1.165, 1.54) is 17.7 Å². The zero-order valence-corrected chi connectivity index (χ0v) is 20.5. The number of halogens is 1. The lowest BCUT2D eigenvalue weighted by atomic mass is 9.86. The Morgan fingerprint density at radius 1 is 1.15 bits per heavy atom. The van der Waals surface area contributed by atoms with Gasteiger partial charge in [-0.3, -0.25) is 4.90 Å². The van der Waals surface area contributed by atoms with Crippen LogP contribution in [0.1, 0.15) is 56.8 Å². The largest absolute Gasteiger partial charge is 0.493 e. The third-order valence-electron chi connectivity index (χ3n) is 5.95. The molecule has 0 saturated carbocycles. The lowest BCUT2D eigenvalue weighted by Crippen LogP contribution is -2.54. The summed E-state index contributed by atoms with van der Waals surface area (Å²) in [7, 11) is 3.27. The number of ether oxygens (including phenoxy) is 2. The van der Waals surface area contributed by atoms with Crippen molar-refractivity contribution in [3.63, 3.8) is 0 Å². The minimum atomic E-state index is -0.336. The first-order valence-electron chi connectivity index (χ1n) is 11.5. The van der Waals surface area contributed by atoms with Crippen molar-refractivity contribution in [2.45, 2.75) is 64.7 Å². The highest BCUT2D eigenvalue weighted by Crippen LogP contribution is 2.40. The number of fused-ring (bicyclic) bond motifs is 1. The summed E-state index contributed by atoms with van der Waals surface area (Å²) in [5, 5.41) is 6.20. The summed E-state index contributed by atoms with van der Waals surface area (Å²) in [6.07, 6.45) is 1.59. The molecule has 0 radical (unpaired) electrons. The summed E-state index contributed by atoms with van der Waals surface area (Å²) < 4.78 is 24.6. The molecule has 1 aliphatic rings. The fourth-order valence-corrected chi connectivity index (χ4v) is 4.45. The maximum atomic E-state index is 13.5. The maximum absolute atomic E-state index is 13.5. The number of carbonyl (C=O) groups excluding carboxylic acids is 1.